The molecule has 0 bridgehead atoms. The van der Waals surface area contributed by atoms with Crippen LogP contribution in [0.4, 0.5) is 19.0 Å². The molecule has 0 unspecified atom stereocenters. The van der Waals surface area contributed by atoms with Crippen molar-refractivity contribution < 1.29 is 21.6 Å². The number of rotatable bonds is 2. The van der Waals surface area contributed by atoms with Gasteiger partial charge in [-0.25, -0.2) is 13.4 Å². The molecule has 1 fully saturated rings. The molecule has 5 nitrogen and oxygen atoms in total. The minimum Gasteiger partial charge on any atom is -0.353 e. The summed E-state index contributed by atoms with van der Waals surface area (Å²) in [5, 5.41) is -0.0994. The lowest BCUT2D eigenvalue weighted by Crippen LogP contribution is -2.48. The molecular weight excluding hydrogens is 331 g/mol. The smallest absolute Gasteiger partial charge is 0.353 e. The molecule has 21 heavy (non-hydrogen) atoms. The standard InChI is InChI=1S/C11H13ClF3N3O2S/c1-21(19,20)18-4-2-17(3-5-18)10-9(12)6-8(7-16-10)11(13,14)15/h6-7H,2-5H2,1H3. The molecule has 1 aromatic rings. The summed E-state index contributed by atoms with van der Waals surface area (Å²) in [5.41, 5.74) is -0.911. The van der Waals surface area contributed by atoms with Crippen LogP contribution in [-0.2, 0) is 16.2 Å². The van der Waals surface area contributed by atoms with Gasteiger partial charge in [0.1, 0.15) is 5.82 Å². The fourth-order valence-electron chi connectivity index (χ4n) is 2.05. The summed E-state index contributed by atoms with van der Waals surface area (Å²) < 4.78 is 61.7. The van der Waals surface area contributed by atoms with E-state index < -0.39 is 21.8 Å². The Morgan fingerprint density at radius 2 is 1.81 bits per heavy atom. The lowest BCUT2D eigenvalue weighted by molar-refractivity contribution is -0.137. The summed E-state index contributed by atoms with van der Waals surface area (Å²) in [6, 6.07) is 0.826. The Labute approximate surface area is 125 Å². The Bertz CT molecular complexity index is 628. The van der Waals surface area contributed by atoms with E-state index in [1.165, 1.54) is 4.31 Å². The summed E-state index contributed by atoms with van der Waals surface area (Å²) in [5.74, 6) is 0.234. The zero-order valence-electron chi connectivity index (χ0n) is 11.1. The number of hydrogen-bond donors (Lipinski definition) is 0. The normalized spacial score (nSPS) is 18.0. The van der Waals surface area contributed by atoms with E-state index >= 15 is 0 Å². The number of sulfonamides is 1. The van der Waals surface area contributed by atoms with Crippen LogP contribution >= 0.6 is 11.6 Å². The van der Waals surface area contributed by atoms with Gasteiger partial charge in [0.25, 0.3) is 0 Å². The quantitative estimate of drug-likeness (QED) is 0.822. The first kappa shape index (κ1) is 16.3. The number of piperazine rings is 1. The van der Waals surface area contributed by atoms with E-state index in [1.807, 2.05) is 0 Å². The average molecular weight is 344 g/mol. The molecule has 0 atom stereocenters. The van der Waals surface area contributed by atoms with Gasteiger partial charge in [-0.15, -0.1) is 0 Å². The van der Waals surface area contributed by atoms with E-state index in [0.29, 0.717) is 13.1 Å². The van der Waals surface area contributed by atoms with Crippen molar-refractivity contribution in [1.82, 2.24) is 9.29 Å². The average Bonchev–Trinajstić information content (AvgIpc) is 2.36. The van der Waals surface area contributed by atoms with Crippen LogP contribution in [0.5, 0.6) is 0 Å². The van der Waals surface area contributed by atoms with Crippen LogP contribution in [0.3, 0.4) is 0 Å². The van der Waals surface area contributed by atoms with Crippen LogP contribution in [0.15, 0.2) is 12.3 Å². The summed E-state index contributed by atoms with van der Waals surface area (Å²) in [6.45, 7) is 1.14. The Balaban J connectivity index is 2.14. The van der Waals surface area contributed by atoms with Crippen molar-refractivity contribution in [2.75, 3.05) is 37.3 Å². The van der Waals surface area contributed by atoms with Crippen molar-refractivity contribution in [3.8, 4) is 0 Å². The molecule has 2 rings (SSSR count). The third-order valence-electron chi connectivity index (χ3n) is 3.16. The largest absolute Gasteiger partial charge is 0.417 e. The lowest BCUT2D eigenvalue weighted by atomic mass is 10.2. The van der Waals surface area contributed by atoms with E-state index in [4.69, 9.17) is 11.6 Å². The lowest BCUT2D eigenvalue weighted by Gasteiger charge is -2.34. The predicted molar refractivity (Wildman–Crippen MR) is 72.9 cm³/mol. The van der Waals surface area contributed by atoms with Gasteiger partial charge in [0.05, 0.1) is 16.8 Å². The maximum Gasteiger partial charge on any atom is 0.417 e. The van der Waals surface area contributed by atoms with Gasteiger partial charge in [0.15, 0.2) is 0 Å². The zero-order chi connectivity index (χ0) is 15.8. The Morgan fingerprint density at radius 1 is 1.24 bits per heavy atom. The molecule has 118 valence electrons. The number of anilines is 1. The van der Waals surface area contributed by atoms with Crippen molar-refractivity contribution in [3.05, 3.63) is 22.8 Å². The van der Waals surface area contributed by atoms with E-state index in [9.17, 15) is 21.6 Å². The molecular formula is C11H13ClF3N3O2S. The van der Waals surface area contributed by atoms with Crippen LogP contribution in [0.2, 0.25) is 5.02 Å². The Kier molecular flexibility index (Phi) is 4.36. The summed E-state index contributed by atoms with van der Waals surface area (Å²) in [7, 11) is -3.26. The maximum atomic E-state index is 12.5. The van der Waals surface area contributed by atoms with Crippen molar-refractivity contribution in [3.63, 3.8) is 0 Å². The summed E-state index contributed by atoms with van der Waals surface area (Å²) in [6.07, 6.45) is -2.65. The van der Waals surface area contributed by atoms with Gasteiger partial charge in [0.2, 0.25) is 10.0 Å². The second kappa shape index (κ2) is 5.62. The minimum absolute atomic E-state index is 0.0994. The Hall–Kier alpha value is -1.06. The first-order chi connectivity index (χ1) is 9.59. The van der Waals surface area contributed by atoms with Gasteiger partial charge < -0.3 is 4.90 Å². The molecule has 0 amide bonds. The maximum absolute atomic E-state index is 12.5. The molecule has 0 radical (unpaired) electrons. The summed E-state index contributed by atoms with van der Waals surface area (Å²) in [4.78, 5) is 5.43. The van der Waals surface area contributed by atoms with E-state index in [-0.39, 0.29) is 23.9 Å². The molecule has 1 aliphatic heterocycles. The van der Waals surface area contributed by atoms with Crippen molar-refractivity contribution in [2.45, 2.75) is 6.18 Å². The molecule has 0 spiro atoms. The third-order valence-corrected chi connectivity index (χ3v) is 4.74. The first-order valence-electron chi connectivity index (χ1n) is 6.02. The molecule has 10 heteroatoms. The summed E-state index contributed by atoms with van der Waals surface area (Å²) >= 11 is 5.86. The number of nitrogens with zero attached hydrogens (tertiary/aromatic N) is 3. The van der Waals surface area contributed by atoms with Gasteiger partial charge in [-0.2, -0.15) is 17.5 Å². The molecule has 2 heterocycles. The van der Waals surface area contributed by atoms with E-state index in [0.717, 1.165) is 18.5 Å². The molecule has 1 saturated heterocycles. The van der Waals surface area contributed by atoms with Crippen LogP contribution < -0.4 is 4.90 Å². The van der Waals surface area contributed by atoms with Crippen LogP contribution in [0.1, 0.15) is 5.56 Å². The van der Waals surface area contributed by atoms with Crippen LogP contribution in [-0.4, -0.2) is 50.1 Å². The van der Waals surface area contributed by atoms with Gasteiger partial charge in [-0.3, -0.25) is 0 Å². The molecule has 1 aromatic heterocycles. The van der Waals surface area contributed by atoms with Crippen LogP contribution in [0.25, 0.3) is 0 Å². The van der Waals surface area contributed by atoms with Crippen molar-refractivity contribution in [2.24, 2.45) is 0 Å². The molecule has 0 N–H and O–H groups in total. The van der Waals surface area contributed by atoms with Gasteiger partial charge in [-0.05, 0) is 6.07 Å². The van der Waals surface area contributed by atoms with Crippen LogP contribution in [0, 0.1) is 0 Å². The number of pyridine rings is 1. The SMILES string of the molecule is CS(=O)(=O)N1CCN(c2ncc(C(F)(F)F)cc2Cl)CC1. The monoisotopic (exact) mass is 343 g/mol. The van der Waals surface area contributed by atoms with E-state index in [2.05, 4.69) is 4.98 Å². The highest BCUT2D eigenvalue weighted by Crippen LogP contribution is 2.33. The van der Waals surface area contributed by atoms with Gasteiger partial charge in [-0.1, -0.05) is 11.6 Å². The van der Waals surface area contributed by atoms with Gasteiger partial charge in [0, 0.05) is 32.4 Å². The van der Waals surface area contributed by atoms with E-state index in [1.54, 1.807) is 4.90 Å². The molecule has 0 aliphatic carbocycles. The fraction of sp³-hybridized carbons (Fsp3) is 0.545. The molecule has 0 aromatic carbocycles. The predicted octanol–water partition coefficient (Wildman–Crippen LogP) is 1.84. The highest BCUT2D eigenvalue weighted by molar-refractivity contribution is 7.88. The zero-order valence-corrected chi connectivity index (χ0v) is 12.6. The fourth-order valence-corrected chi connectivity index (χ4v) is 3.16. The number of halogens is 4. The van der Waals surface area contributed by atoms with Crippen molar-refractivity contribution in [1.29, 1.82) is 0 Å². The highest BCUT2D eigenvalue weighted by atomic mass is 35.5. The number of alkyl halides is 3. The molecule has 1 aliphatic rings. The highest BCUT2D eigenvalue weighted by Gasteiger charge is 2.32. The van der Waals surface area contributed by atoms with Crippen molar-refractivity contribution >= 4 is 27.4 Å². The minimum atomic E-state index is -4.50. The second-order valence-corrected chi connectivity index (χ2v) is 7.07. The number of hydrogen-bond acceptors (Lipinski definition) is 4. The Morgan fingerprint density at radius 3 is 2.24 bits per heavy atom. The number of aromatic nitrogens is 1. The third kappa shape index (κ3) is 3.78. The second-order valence-electron chi connectivity index (χ2n) is 4.68. The first-order valence-corrected chi connectivity index (χ1v) is 8.24. The molecule has 0 saturated carbocycles. The van der Waals surface area contributed by atoms with Gasteiger partial charge >= 0.3 is 6.18 Å². The topological polar surface area (TPSA) is 53.5 Å².